The molecule has 0 radical (unpaired) electrons. The lowest BCUT2D eigenvalue weighted by atomic mass is 10.2. The molecule has 5 nitrogen and oxygen atoms in total. The predicted octanol–water partition coefficient (Wildman–Crippen LogP) is 2.61. The number of para-hydroxylation sites is 1. The molecule has 20 heavy (non-hydrogen) atoms. The molecule has 0 fully saturated rings. The number of benzene rings is 2. The van der Waals surface area contributed by atoms with Crippen LogP contribution in [0.2, 0.25) is 0 Å². The van der Waals surface area contributed by atoms with Crippen molar-refractivity contribution < 1.29 is 0 Å². The average Bonchev–Trinajstić information content (AvgIpc) is 3.17. The molecular formula is C15H11N5. The molecule has 2 heterocycles. The van der Waals surface area contributed by atoms with Gasteiger partial charge in [-0.1, -0.05) is 17.3 Å². The highest BCUT2D eigenvalue weighted by Gasteiger charge is 2.05. The first kappa shape index (κ1) is 10.9. The van der Waals surface area contributed by atoms with Gasteiger partial charge >= 0.3 is 0 Å². The summed E-state index contributed by atoms with van der Waals surface area (Å²) in [4.78, 5) is 4.05. The lowest BCUT2D eigenvalue weighted by molar-refractivity contribution is 0.823. The topological polar surface area (TPSA) is 48.5 Å². The van der Waals surface area contributed by atoms with Crippen molar-refractivity contribution in [3.05, 3.63) is 67.3 Å². The molecule has 2 aromatic heterocycles. The number of fused-ring (bicyclic) bond motifs is 1. The molecular weight excluding hydrogens is 250 g/mol. The van der Waals surface area contributed by atoms with Crippen molar-refractivity contribution in [1.29, 1.82) is 0 Å². The monoisotopic (exact) mass is 261 g/mol. The number of imidazole rings is 1. The Morgan fingerprint density at radius 1 is 0.850 bits per heavy atom. The van der Waals surface area contributed by atoms with Gasteiger partial charge in [0.2, 0.25) is 0 Å². The summed E-state index contributed by atoms with van der Waals surface area (Å²) in [5, 5.41) is 8.37. The second kappa shape index (κ2) is 4.31. The van der Waals surface area contributed by atoms with Crippen LogP contribution >= 0.6 is 0 Å². The van der Waals surface area contributed by atoms with Crippen LogP contribution in [0.4, 0.5) is 0 Å². The Labute approximate surface area is 115 Å². The lowest BCUT2D eigenvalue weighted by Gasteiger charge is -2.05. The van der Waals surface area contributed by atoms with Crippen LogP contribution in [0.25, 0.3) is 22.4 Å². The van der Waals surface area contributed by atoms with Crippen LogP contribution in [0.5, 0.6) is 0 Å². The highest BCUT2D eigenvalue weighted by atomic mass is 15.4. The lowest BCUT2D eigenvalue weighted by Crippen LogP contribution is -1.97. The molecule has 0 spiro atoms. The summed E-state index contributed by atoms with van der Waals surface area (Å²) in [6.45, 7) is 0. The zero-order chi connectivity index (χ0) is 13.4. The van der Waals surface area contributed by atoms with Gasteiger partial charge in [0.05, 0.1) is 17.5 Å². The first-order valence-electron chi connectivity index (χ1n) is 6.31. The maximum Gasteiger partial charge on any atom is 0.113 e. The van der Waals surface area contributed by atoms with E-state index in [1.165, 1.54) is 0 Å². The third kappa shape index (κ3) is 1.68. The van der Waals surface area contributed by atoms with Crippen molar-refractivity contribution in [1.82, 2.24) is 24.5 Å². The van der Waals surface area contributed by atoms with E-state index < -0.39 is 0 Å². The first-order chi connectivity index (χ1) is 9.92. The molecule has 0 aliphatic rings. The highest BCUT2D eigenvalue weighted by Crippen LogP contribution is 2.17. The summed E-state index contributed by atoms with van der Waals surface area (Å²) in [6.07, 6.45) is 5.46. The standard InChI is InChI=1S/C15H11N5/c1-2-4-15-14(3-1)17-18-20(15)13-7-5-12(6-8-13)19-10-9-16-11-19/h1-11H. The SMILES string of the molecule is c1ccc2c(c1)nnn2-c1ccc(-n2ccnc2)cc1. The third-order valence-corrected chi connectivity index (χ3v) is 3.25. The van der Waals surface area contributed by atoms with E-state index in [2.05, 4.69) is 15.3 Å². The molecule has 0 amide bonds. The maximum atomic E-state index is 4.21. The van der Waals surface area contributed by atoms with E-state index in [0.29, 0.717) is 0 Å². The van der Waals surface area contributed by atoms with E-state index in [4.69, 9.17) is 0 Å². The molecule has 0 N–H and O–H groups in total. The predicted molar refractivity (Wildman–Crippen MR) is 76.0 cm³/mol. The number of rotatable bonds is 2. The molecule has 0 atom stereocenters. The fourth-order valence-electron chi connectivity index (χ4n) is 2.24. The summed E-state index contributed by atoms with van der Waals surface area (Å²) in [5.41, 5.74) is 3.95. The van der Waals surface area contributed by atoms with E-state index in [0.717, 1.165) is 22.4 Å². The molecule has 0 aliphatic heterocycles. The zero-order valence-corrected chi connectivity index (χ0v) is 10.6. The van der Waals surface area contributed by atoms with E-state index in [9.17, 15) is 0 Å². The molecule has 0 saturated heterocycles. The van der Waals surface area contributed by atoms with Gasteiger partial charge in [-0.25, -0.2) is 9.67 Å². The fraction of sp³-hybridized carbons (Fsp3) is 0. The molecule has 4 aromatic rings. The summed E-state index contributed by atoms with van der Waals surface area (Å²) >= 11 is 0. The van der Waals surface area contributed by atoms with Crippen molar-refractivity contribution in [2.24, 2.45) is 0 Å². The smallest absolute Gasteiger partial charge is 0.113 e. The number of hydrogen-bond acceptors (Lipinski definition) is 3. The van der Waals surface area contributed by atoms with Gasteiger partial charge in [0.1, 0.15) is 5.52 Å². The van der Waals surface area contributed by atoms with Crippen molar-refractivity contribution in [3.8, 4) is 11.4 Å². The van der Waals surface area contributed by atoms with Crippen LogP contribution in [0.15, 0.2) is 67.3 Å². The second-order valence-corrected chi connectivity index (χ2v) is 4.48. The fourth-order valence-corrected chi connectivity index (χ4v) is 2.24. The van der Waals surface area contributed by atoms with Gasteiger partial charge in [0.25, 0.3) is 0 Å². The van der Waals surface area contributed by atoms with Crippen molar-refractivity contribution in [2.45, 2.75) is 0 Å². The van der Waals surface area contributed by atoms with Crippen LogP contribution in [-0.4, -0.2) is 24.5 Å². The summed E-state index contributed by atoms with van der Waals surface area (Å²) in [6, 6.07) is 16.0. The third-order valence-electron chi connectivity index (χ3n) is 3.25. The maximum absolute atomic E-state index is 4.21. The number of nitrogens with zero attached hydrogens (tertiary/aromatic N) is 5. The molecule has 0 unspecified atom stereocenters. The summed E-state index contributed by atoms with van der Waals surface area (Å²) in [7, 11) is 0. The first-order valence-corrected chi connectivity index (χ1v) is 6.31. The normalized spacial score (nSPS) is 11.0. The molecule has 4 rings (SSSR count). The van der Waals surface area contributed by atoms with Gasteiger partial charge in [-0.05, 0) is 36.4 Å². The van der Waals surface area contributed by atoms with Crippen molar-refractivity contribution in [3.63, 3.8) is 0 Å². The van der Waals surface area contributed by atoms with E-state index in [1.807, 2.05) is 64.0 Å². The number of hydrogen-bond donors (Lipinski definition) is 0. The largest absolute Gasteiger partial charge is 0.306 e. The van der Waals surface area contributed by atoms with E-state index in [-0.39, 0.29) is 0 Å². The van der Waals surface area contributed by atoms with Crippen LogP contribution in [-0.2, 0) is 0 Å². The molecule has 0 bridgehead atoms. The van der Waals surface area contributed by atoms with Crippen LogP contribution in [0, 0.1) is 0 Å². The molecule has 96 valence electrons. The Balaban J connectivity index is 1.79. The van der Waals surface area contributed by atoms with Gasteiger partial charge < -0.3 is 4.57 Å². The van der Waals surface area contributed by atoms with E-state index >= 15 is 0 Å². The van der Waals surface area contributed by atoms with E-state index in [1.54, 1.807) is 12.5 Å². The van der Waals surface area contributed by atoms with Crippen molar-refractivity contribution in [2.75, 3.05) is 0 Å². The number of aromatic nitrogens is 5. The minimum absolute atomic E-state index is 0.895. The van der Waals surface area contributed by atoms with Gasteiger partial charge in [0.15, 0.2) is 0 Å². The molecule has 0 saturated carbocycles. The van der Waals surface area contributed by atoms with Crippen LogP contribution < -0.4 is 0 Å². The Morgan fingerprint density at radius 2 is 1.65 bits per heavy atom. The summed E-state index contributed by atoms with van der Waals surface area (Å²) < 4.78 is 3.80. The minimum Gasteiger partial charge on any atom is -0.306 e. The second-order valence-electron chi connectivity index (χ2n) is 4.48. The Bertz CT molecular complexity index is 844. The Hall–Kier alpha value is -2.95. The minimum atomic E-state index is 0.895. The summed E-state index contributed by atoms with van der Waals surface area (Å²) in [5.74, 6) is 0. The van der Waals surface area contributed by atoms with Crippen molar-refractivity contribution >= 4 is 11.0 Å². The quantitative estimate of drug-likeness (QED) is 0.557. The van der Waals surface area contributed by atoms with Gasteiger partial charge in [0, 0.05) is 18.1 Å². The molecule has 2 aromatic carbocycles. The average molecular weight is 261 g/mol. The Morgan fingerprint density at radius 3 is 2.45 bits per heavy atom. The zero-order valence-electron chi connectivity index (χ0n) is 10.6. The Kier molecular flexibility index (Phi) is 2.35. The van der Waals surface area contributed by atoms with Crippen LogP contribution in [0.1, 0.15) is 0 Å². The highest BCUT2D eigenvalue weighted by molar-refractivity contribution is 5.75. The van der Waals surface area contributed by atoms with Gasteiger partial charge in [-0.3, -0.25) is 0 Å². The van der Waals surface area contributed by atoms with Gasteiger partial charge in [-0.2, -0.15) is 0 Å². The molecule has 5 heteroatoms. The van der Waals surface area contributed by atoms with Gasteiger partial charge in [-0.15, -0.1) is 5.10 Å². The molecule has 0 aliphatic carbocycles. The van der Waals surface area contributed by atoms with Crippen LogP contribution in [0.3, 0.4) is 0 Å².